The third-order valence-corrected chi connectivity index (χ3v) is 2.60. The number of nitrogens with zero attached hydrogens (tertiary/aromatic N) is 2. The van der Waals surface area contributed by atoms with Gasteiger partial charge in [0.15, 0.2) is 0 Å². The molecule has 0 amide bonds. The first-order chi connectivity index (χ1) is 9.31. The van der Waals surface area contributed by atoms with Crippen molar-refractivity contribution in [3.63, 3.8) is 0 Å². The molecule has 2 aromatic rings. The number of nitrogens with one attached hydrogen (secondary N) is 1. The molecule has 1 aromatic heterocycles. The van der Waals surface area contributed by atoms with E-state index < -0.39 is 0 Å². The van der Waals surface area contributed by atoms with Crippen LogP contribution in [-0.2, 0) is 6.54 Å². The molecule has 0 atom stereocenters. The summed E-state index contributed by atoms with van der Waals surface area (Å²) < 4.78 is 5.38. The van der Waals surface area contributed by atoms with Gasteiger partial charge in [-0.15, -0.1) is 0 Å². The maximum absolute atomic E-state index is 8.78. The lowest BCUT2D eigenvalue weighted by Crippen LogP contribution is -2.00. The molecule has 0 fully saturated rings. The van der Waals surface area contributed by atoms with Crippen LogP contribution in [0.15, 0.2) is 42.6 Å². The van der Waals surface area contributed by atoms with Crippen molar-refractivity contribution in [3.8, 4) is 11.8 Å². The predicted molar refractivity (Wildman–Crippen MR) is 73.9 cm³/mol. The van der Waals surface area contributed by atoms with Crippen LogP contribution in [0.1, 0.15) is 18.2 Å². The minimum absolute atomic E-state index is 0.436. The molecule has 0 radical (unpaired) electrons. The number of anilines is 1. The van der Waals surface area contributed by atoms with Gasteiger partial charge in [-0.25, -0.2) is 4.98 Å². The van der Waals surface area contributed by atoms with Gasteiger partial charge in [-0.1, -0.05) is 0 Å². The zero-order valence-electron chi connectivity index (χ0n) is 10.8. The van der Waals surface area contributed by atoms with Crippen LogP contribution < -0.4 is 10.1 Å². The summed E-state index contributed by atoms with van der Waals surface area (Å²) >= 11 is 0. The van der Waals surface area contributed by atoms with Crippen LogP contribution in [0.3, 0.4) is 0 Å². The highest BCUT2D eigenvalue weighted by atomic mass is 16.5. The number of hydrogen-bond donors (Lipinski definition) is 1. The standard InChI is InChI=1S/C15H15N3O/c1-2-19-15-5-3-13(4-6-15)18-11-12-7-8-17-14(9-12)10-16/h3-9,18H,2,11H2,1H3. The van der Waals surface area contributed by atoms with Gasteiger partial charge in [0.2, 0.25) is 0 Å². The van der Waals surface area contributed by atoms with Crippen LogP contribution in [0.25, 0.3) is 0 Å². The van der Waals surface area contributed by atoms with Gasteiger partial charge in [-0.3, -0.25) is 0 Å². The van der Waals surface area contributed by atoms with E-state index in [1.165, 1.54) is 0 Å². The van der Waals surface area contributed by atoms with Gasteiger partial charge in [0.05, 0.1) is 6.61 Å². The number of aromatic nitrogens is 1. The van der Waals surface area contributed by atoms with Crippen molar-refractivity contribution in [2.24, 2.45) is 0 Å². The highest BCUT2D eigenvalue weighted by Crippen LogP contribution is 2.16. The molecule has 0 unspecified atom stereocenters. The summed E-state index contributed by atoms with van der Waals surface area (Å²) in [7, 11) is 0. The van der Waals surface area contributed by atoms with Gasteiger partial charge in [0.25, 0.3) is 0 Å². The number of nitriles is 1. The lowest BCUT2D eigenvalue weighted by atomic mass is 10.2. The Kier molecular flexibility index (Phi) is 4.35. The van der Waals surface area contributed by atoms with Gasteiger partial charge in [-0.2, -0.15) is 5.26 Å². The molecule has 0 aliphatic heterocycles. The van der Waals surface area contributed by atoms with Gasteiger partial charge in [0, 0.05) is 18.4 Å². The second-order valence-corrected chi connectivity index (χ2v) is 3.97. The first-order valence-electron chi connectivity index (χ1n) is 6.13. The molecule has 96 valence electrons. The lowest BCUT2D eigenvalue weighted by molar-refractivity contribution is 0.340. The topological polar surface area (TPSA) is 57.9 Å². The largest absolute Gasteiger partial charge is 0.494 e. The second-order valence-electron chi connectivity index (χ2n) is 3.97. The summed E-state index contributed by atoms with van der Waals surface area (Å²) in [5.74, 6) is 0.865. The van der Waals surface area contributed by atoms with Crippen LogP contribution in [0.2, 0.25) is 0 Å². The van der Waals surface area contributed by atoms with E-state index in [-0.39, 0.29) is 0 Å². The first kappa shape index (κ1) is 12.9. The molecular formula is C15H15N3O. The monoisotopic (exact) mass is 253 g/mol. The summed E-state index contributed by atoms with van der Waals surface area (Å²) in [5.41, 5.74) is 2.48. The van der Waals surface area contributed by atoms with Crippen LogP contribution >= 0.6 is 0 Å². The molecule has 1 N–H and O–H groups in total. The van der Waals surface area contributed by atoms with Gasteiger partial charge < -0.3 is 10.1 Å². The molecule has 1 heterocycles. The quantitative estimate of drug-likeness (QED) is 0.890. The van der Waals surface area contributed by atoms with Gasteiger partial charge in [-0.05, 0) is 48.9 Å². The summed E-state index contributed by atoms with van der Waals surface area (Å²) in [4.78, 5) is 3.94. The summed E-state index contributed by atoms with van der Waals surface area (Å²) in [6, 6.07) is 13.5. The highest BCUT2D eigenvalue weighted by molar-refractivity contribution is 5.46. The molecule has 0 bridgehead atoms. The summed E-state index contributed by atoms with van der Waals surface area (Å²) in [6.07, 6.45) is 1.65. The van der Waals surface area contributed by atoms with Crippen LogP contribution in [0.5, 0.6) is 5.75 Å². The van der Waals surface area contributed by atoms with E-state index in [2.05, 4.69) is 10.3 Å². The number of ether oxygens (including phenoxy) is 1. The van der Waals surface area contributed by atoms with Crippen LogP contribution in [0, 0.1) is 11.3 Å². The predicted octanol–water partition coefficient (Wildman–Crippen LogP) is 2.96. The molecule has 0 spiro atoms. The first-order valence-corrected chi connectivity index (χ1v) is 6.13. The Morgan fingerprint density at radius 1 is 1.26 bits per heavy atom. The normalized spacial score (nSPS) is 9.68. The molecule has 0 saturated carbocycles. The molecule has 2 rings (SSSR count). The number of benzene rings is 1. The molecule has 0 saturated heterocycles. The highest BCUT2D eigenvalue weighted by Gasteiger charge is 1.98. The summed E-state index contributed by atoms with van der Waals surface area (Å²) in [5, 5.41) is 12.1. The van der Waals surface area contributed by atoms with E-state index in [1.54, 1.807) is 12.3 Å². The number of hydrogen-bond acceptors (Lipinski definition) is 4. The van der Waals surface area contributed by atoms with E-state index in [1.807, 2.05) is 43.3 Å². The number of rotatable bonds is 5. The lowest BCUT2D eigenvalue weighted by Gasteiger charge is -2.08. The van der Waals surface area contributed by atoms with E-state index in [0.717, 1.165) is 17.0 Å². The zero-order chi connectivity index (χ0) is 13.5. The Bertz CT molecular complexity index is 573. The van der Waals surface area contributed by atoms with Crippen LogP contribution in [0.4, 0.5) is 5.69 Å². The van der Waals surface area contributed by atoms with E-state index in [9.17, 15) is 0 Å². The van der Waals surface area contributed by atoms with Crippen molar-refractivity contribution in [2.75, 3.05) is 11.9 Å². The molecule has 4 heteroatoms. The van der Waals surface area contributed by atoms with E-state index >= 15 is 0 Å². The Morgan fingerprint density at radius 2 is 2.05 bits per heavy atom. The third kappa shape index (κ3) is 3.71. The molecule has 19 heavy (non-hydrogen) atoms. The second kappa shape index (κ2) is 6.41. The average Bonchev–Trinajstić information content (AvgIpc) is 2.47. The van der Waals surface area contributed by atoms with E-state index in [0.29, 0.717) is 18.8 Å². The van der Waals surface area contributed by atoms with Crippen molar-refractivity contribution in [3.05, 3.63) is 53.9 Å². The van der Waals surface area contributed by atoms with Crippen LogP contribution in [-0.4, -0.2) is 11.6 Å². The Morgan fingerprint density at radius 3 is 2.74 bits per heavy atom. The Hall–Kier alpha value is -2.54. The summed E-state index contributed by atoms with van der Waals surface area (Å²) in [6.45, 7) is 3.29. The maximum atomic E-state index is 8.78. The molecule has 0 aliphatic rings. The van der Waals surface area contributed by atoms with Crippen molar-refractivity contribution >= 4 is 5.69 Å². The molecule has 1 aromatic carbocycles. The van der Waals surface area contributed by atoms with E-state index in [4.69, 9.17) is 10.00 Å². The Labute approximate surface area is 112 Å². The zero-order valence-corrected chi connectivity index (χ0v) is 10.8. The van der Waals surface area contributed by atoms with Gasteiger partial charge >= 0.3 is 0 Å². The molecule has 4 nitrogen and oxygen atoms in total. The minimum atomic E-state index is 0.436. The van der Waals surface area contributed by atoms with Gasteiger partial charge in [0.1, 0.15) is 17.5 Å². The number of pyridine rings is 1. The van der Waals surface area contributed by atoms with Crippen molar-refractivity contribution < 1.29 is 4.74 Å². The SMILES string of the molecule is CCOc1ccc(NCc2ccnc(C#N)c2)cc1. The maximum Gasteiger partial charge on any atom is 0.140 e. The van der Waals surface area contributed by atoms with Crippen molar-refractivity contribution in [1.82, 2.24) is 4.98 Å². The minimum Gasteiger partial charge on any atom is -0.494 e. The third-order valence-electron chi connectivity index (χ3n) is 2.60. The fourth-order valence-corrected chi connectivity index (χ4v) is 1.69. The van der Waals surface area contributed by atoms with Crippen molar-refractivity contribution in [1.29, 1.82) is 5.26 Å². The smallest absolute Gasteiger partial charge is 0.140 e. The molecule has 0 aliphatic carbocycles. The fraction of sp³-hybridized carbons (Fsp3) is 0.200. The fourth-order valence-electron chi connectivity index (χ4n) is 1.69. The average molecular weight is 253 g/mol. The van der Waals surface area contributed by atoms with Crippen molar-refractivity contribution in [2.45, 2.75) is 13.5 Å². The Balaban J connectivity index is 1.96. The molecular weight excluding hydrogens is 238 g/mol.